The summed E-state index contributed by atoms with van der Waals surface area (Å²) in [7, 11) is 0. The van der Waals surface area contributed by atoms with Crippen molar-refractivity contribution in [2.75, 3.05) is 11.9 Å². The van der Waals surface area contributed by atoms with E-state index < -0.39 is 12.0 Å². The van der Waals surface area contributed by atoms with Crippen molar-refractivity contribution >= 4 is 39.1 Å². The molecule has 3 aromatic rings. The largest absolute Gasteiger partial charge is 0.462 e. The zero-order valence-electron chi connectivity index (χ0n) is 18.1. The number of amides is 1. The molecular weight excluding hydrogens is 400 g/mol. The van der Waals surface area contributed by atoms with Crippen molar-refractivity contribution < 1.29 is 14.3 Å². The standard InChI is InChI=1S/C23H26N2O4S/c1-7-29-23(28)19-14(4)16(6)30-22(19)24-21(27)15(5)25-18(26)11-13(3)17-10-8-9-12(2)20(17)25/h8-11,15H,7H2,1-6H3,(H,24,27). The molecule has 0 radical (unpaired) electrons. The van der Waals surface area contributed by atoms with E-state index in [0.29, 0.717) is 10.6 Å². The maximum absolute atomic E-state index is 13.1. The van der Waals surface area contributed by atoms with Gasteiger partial charge >= 0.3 is 5.97 Å². The number of aryl methyl sites for hydroxylation is 3. The summed E-state index contributed by atoms with van der Waals surface area (Å²) in [5, 5.41) is 4.24. The number of nitrogens with zero attached hydrogens (tertiary/aromatic N) is 1. The van der Waals surface area contributed by atoms with Crippen molar-refractivity contribution in [1.82, 2.24) is 4.57 Å². The second-order valence-electron chi connectivity index (χ2n) is 7.38. The second-order valence-corrected chi connectivity index (χ2v) is 8.60. The van der Waals surface area contributed by atoms with Gasteiger partial charge in [0.1, 0.15) is 11.0 Å². The maximum Gasteiger partial charge on any atom is 0.341 e. The third kappa shape index (κ3) is 3.77. The molecule has 0 aliphatic heterocycles. The molecule has 6 nitrogen and oxygen atoms in total. The minimum atomic E-state index is -0.764. The molecule has 1 atom stereocenters. The van der Waals surface area contributed by atoms with Gasteiger partial charge in [-0.1, -0.05) is 18.2 Å². The predicted octanol–water partition coefficient (Wildman–Crippen LogP) is 4.67. The third-order valence-corrected chi connectivity index (χ3v) is 6.47. The van der Waals surface area contributed by atoms with Gasteiger partial charge in [-0.25, -0.2) is 4.79 Å². The van der Waals surface area contributed by atoms with Crippen LogP contribution >= 0.6 is 11.3 Å². The van der Waals surface area contributed by atoms with E-state index in [1.807, 2.05) is 45.9 Å². The Kier molecular flexibility index (Phi) is 6.12. The lowest BCUT2D eigenvalue weighted by molar-refractivity contribution is -0.118. The monoisotopic (exact) mass is 426 g/mol. The van der Waals surface area contributed by atoms with Crippen LogP contribution in [0.15, 0.2) is 29.1 Å². The van der Waals surface area contributed by atoms with Crippen LogP contribution in [0.5, 0.6) is 0 Å². The van der Waals surface area contributed by atoms with E-state index in [2.05, 4.69) is 5.32 Å². The number of pyridine rings is 1. The number of para-hydroxylation sites is 1. The fraction of sp³-hybridized carbons (Fsp3) is 0.348. The predicted molar refractivity (Wildman–Crippen MR) is 121 cm³/mol. The molecular formula is C23H26N2O4S. The number of carbonyl (C=O) groups excluding carboxylic acids is 2. The van der Waals surface area contributed by atoms with Gasteiger partial charge in [0.05, 0.1) is 17.7 Å². The number of aromatic nitrogens is 1. The smallest absolute Gasteiger partial charge is 0.341 e. The molecule has 0 saturated heterocycles. The first-order chi connectivity index (χ1) is 14.2. The summed E-state index contributed by atoms with van der Waals surface area (Å²) >= 11 is 1.33. The fourth-order valence-corrected chi connectivity index (χ4v) is 4.67. The van der Waals surface area contributed by atoms with Crippen molar-refractivity contribution in [2.24, 2.45) is 0 Å². The Morgan fingerprint density at radius 2 is 1.87 bits per heavy atom. The average Bonchev–Trinajstić information content (AvgIpc) is 2.96. The molecule has 0 spiro atoms. The van der Waals surface area contributed by atoms with Gasteiger partial charge in [-0.05, 0) is 58.2 Å². The van der Waals surface area contributed by atoms with Gasteiger partial charge in [0.15, 0.2) is 0 Å². The molecule has 0 fully saturated rings. The van der Waals surface area contributed by atoms with E-state index in [1.54, 1.807) is 19.9 Å². The first-order valence-electron chi connectivity index (χ1n) is 9.86. The van der Waals surface area contributed by atoms with E-state index in [0.717, 1.165) is 32.5 Å². The second kappa shape index (κ2) is 8.44. The third-order valence-electron chi connectivity index (χ3n) is 5.35. The number of nitrogens with one attached hydrogen (secondary N) is 1. The summed E-state index contributed by atoms with van der Waals surface area (Å²) in [5.41, 5.74) is 3.46. The zero-order valence-corrected chi connectivity index (χ0v) is 18.9. The average molecular weight is 427 g/mol. The van der Waals surface area contributed by atoms with Crippen LogP contribution in [0.4, 0.5) is 5.00 Å². The van der Waals surface area contributed by atoms with Gasteiger partial charge in [-0.2, -0.15) is 0 Å². The van der Waals surface area contributed by atoms with Crippen LogP contribution in [0.1, 0.15) is 51.8 Å². The molecule has 1 amide bonds. The number of rotatable bonds is 5. The van der Waals surface area contributed by atoms with Gasteiger partial charge in [-0.15, -0.1) is 11.3 Å². The molecule has 3 rings (SSSR count). The first kappa shape index (κ1) is 21.8. The zero-order chi connectivity index (χ0) is 22.2. The maximum atomic E-state index is 13.1. The highest BCUT2D eigenvalue weighted by Crippen LogP contribution is 2.34. The van der Waals surface area contributed by atoms with Crippen molar-refractivity contribution in [2.45, 2.75) is 47.6 Å². The highest BCUT2D eigenvalue weighted by molar-refractivity contribution is 7.16. The van der Waals surface area contributed by atoms with Gasteiger partial charge in [-0.3, -0.25) is 14.2 Å². The van der Waals surface area contributed by atoms with Gasteiger partial charge in [0.25, 0.3) is 5.56 Å². The Bertz CT molecular complexity index is 1210. The summed E-state index contributed by atoms with van der Waals surface area (Å²) in [6, 6.07) is 6.60. The van der Waals surface area contributed by atoms with E-state index in [9.17, 15) is 14.4 Å². The summed E-state index contributed by atoms with van der Waals surface area (Å²) in [6.45, 7) is 11.2. The Labute approximate surface area is 179 Å². The molecule has 158 valence electrons. The molecule has 1 unspecified atom stereocenters. The number of hydrogen-bond donors (Lipinski definition) is 1. The van der Waals surface area contributed by atoms with Crippen LogP contribution in [0, 0.1) is 27.7 Å². The van der Waals surface area contributed by atoms with Crippen LogP contribution in [-0.4, -0.2) is 23.1 Å². The normalized spacial score (nSPS) is 12.1. The molecule has 0 bridgehead atoms. The van der Waals surface area contributed by atoms with Crippen LogP contribution in [0.2, 0.25) is 0 Å². The van der Waals surface area contributed by atoms with Gasteiger partial charge in [0.2, 0.25) is 5.91 Å². The number of fused-ring (bicyclic) bond motifs is 1. The highest BCUT2D eigenvalue weighted by Gasteiger charge is 2.25. The molecule has 0 saturated carbocycles. The molecule has 2 aromatic heterocycles. The Hall–Kier alpha value is -2.93. The van der Waals surface area contributed by atoms with E-state index >= 15 is 0 Å². The Morgan fingerprint density at radius 1 is 1.17 bits per heavy atom. The van der Waals surface area contributed by atoms with Crippen molar-refractivity contribution in [3.05, 3.63) is 61.8 Å². The van der Waals surface area contributed by atoms with Gasteiger partial charge in [0, 0.05) is 16.3 Å². The lowest BCUT2D eigenvalue weighted by Crippen LogP contribution is -2.32. The van der Waals surface area contributed by atoms with E-state index in [4.69, 9.17) is 4.74 Å². The number of hydrogen-bond acceptors (Lipinski definition) is 5. The van der Waals surface area contributed by atoms with E-state index in [-0.39, 0.29) is 18.1 Å². The van der Waals surface area contributed by atoms with Crippen LogP contribution in [0.3, 0.4) is 0 Å². The summed E-state index contributed by atoms with van der Waals surface area (Å²) in [5.74, 6) is -0.826. The molecule has 30 heavy (non-hydrogen) atoms. The molecule has 1 N–H and O–H groups in total. The number of benzene rings is 1. The van der Waals surface area contributed by atoms with Crippen LogP contribution in [-0.2, 0) is 9.53 Å². The van der Waals surface area contributed by atoms with Crippen LogP contribution in [0.25, 0.3) is 10.9 Å². The molecule has 2 heterocycles. The van der Waals surface area contributed by atoms with E-state index in [1.165, 1.54) is 15.9 Å². The molecule has 0 aliphatic rings. The Balaban J connectivity index is 2.04. The SMILES string of the molecule is CCOC(=O)c1c(NC(=O)C(C)n2c(=O)cc(C)c3cccc(C)c32)sc(C)c1C. The quantitative estimate of drug-likeness (QED) is 0.601. The summed E-state index contributed by atoms with van der Waals surface area (Å²) in [4.78, 5) is 39.3. The van der Waals surface area contributed by atoms with Gasteiger partial charge < -0.3 is 10.1 Å². The minimum Gasteiger partial charge on any atom is -0.462 e. The van der Waals surface area contributed by atoms with Crippen molar-refractivity contribution in [3.8, 4) is 0 Å². The van der Waals surface area contributed by atoms with Crippen molar-refractivity contribution in [1.29, 1.82) is 0 Å². The number of ether oxygens (including phenoxy) is 1. The lowest BCUT2D eigenvalue weighted by atomic mass is 10.1. The number of carbonyl (C=O) groups is 2. The number of thiophene rings is 1. The fourth-order valence-electron chi connectivity index (χ4n) is 3.62. The topological polar surface area (TPSA) is 77.4 Å². The number of esters is 1. The first-order valence-corrected chi connectivity index (χ1v) is 10.7. The molecule has 0 aliphatic carbocycles. The highest BCUT2D eigenvalue weighted by atomic mass is 32.1. The van der Waals surface area contributed by atoms with Crippen molar-refractivity contribution in [3.63, 3.8) is 0 Å². The summed E-state index contributed by atoms with van der Waals surface area (Å²) < 4.78 is 6.67. The number of anilines is 1. The Morgan fingerprint density at radius 3 is 2.53 bits per heavy atom. The molecule has 1 aromatic carbocycles. The lowest BCUT2D eigenvalue weighted by Gasteiger charge is -2.20. The summed E-state index contributed by atoms with van der Waals surface area (Å²) in [6.07, 6.45) is 0. The molecule has 7 heteroatoms. The van der Waals surface area contributed by atoms with Crippen LogP contribution < -0.4 is 10.9 Å². The minimum absolute atomic E-state index is 0.235.